The van der Waals surface area contributed by atoms with Crippen molar-refractivity contribution in [1.82, 2.24) is 4.98 Å². The van der Waals surface area contributed by atoms with Crippen molar-refractivity contribution in [3.05, 3.63) is 94.6 Å². The molecule has 0 aliphatic rings. The monoisotopic (exact) mass is 322 g/mol. The Bertz CT molecular complexity index is 801. The Balaban J connectivity index is 1.82. The normalized spacial score (nSPS) is 10.3. The Morgan fingerprint density at radius 3 is 2.43 bits per heavy atom. The third-order valence-electron chi connectivity index (χ3n) is 3.47. The molecular weight excluding hydrogens is 308 g/mol. The summed E-state index contributed by atoms with van der Waals surface area (Å²) in [7, 11) is 0. The molecule has 4 heteroatoms. The van der Waals surface area contributed by atoms with E-state index in [0.717, 1.165) is 11.1 Å². The average Bonchev–Trinajstić information content (AvgIpc) is 2.58. The first-order valence-electron chi connectivity index (χ1n) is 7.27. The van der Waals surface area contributed by atoms with E-state index in [1.165, 1.54) is 6.20 Å². The van der Waals surface area contributed by atoms with Crippen LogP contribution in [-0.2, 0) is 6.42 Å². The van der Waals surface area contributed by atoms with Crippen molar-refractivity contribution in [3.63, 3.8) is 0 Å². The highest BCUT2D eigenvalue weighted by molar-refractivity contribution is 6.30. The predicted octanol–water partition coefficient (Wildman–Crippen LogP) is 4.58. The van der Waals surface area contributed by atoms with Gasteiger partial charge in [0.25, 0.3) is 5.91 Å². The Morgan fingerprint density at radius 2 is 1.70 bits per heavy atom. The number of halogens is 1. The second-order valence-corrected chi connectivity index (χ2v) is 5.57. The third kappa shape index (κ3) is 3.96. The fraction of sp³-hybridized carbons (Fsp3) is 0.0526. The van der Waals surface area contributed by atoms with Crippen molar-refractivity contribution in [1.29, 1.82) is 0 Å². The van der Waals surface area contributed by atoms with Gasteiger partial charge in [0.15, 0.2) is 0 Å². The number of carbonyl (C=O) groups is 1. The topological polar surface area (TPSA) is 42.0 Å². The summed E-state index contributed by atoms with van der Waals surface area (Å²) in [6.45, 7) is 0. The number of aromatic nitrogens is 1. The molecule has 3 aromatic rings. The van der Waals surface area contributed by atoms with Gasteiger partial charge in [-0.05, 0) is 35.7 Å². The maximum Gasteiger partial charge on any atom is 0.257 e. The molecule has 0 saturated heterocycles. The molecule has 2 aromatic carbocycles. The van der Waals surface area contributed by atoms with E-state index in [1.54, 1.807) is 12.1 Å². The highest BCUT2D eigenvalue weighted by Gasteiger charge is 2.12. The molecule has 0 aliphatic heterocycles. The van der Waals surface area contributed by atoms with Gasteiger partial charge in [-0.1, -0.05) is 60.1 Å². The Labute approximate surface area is 140 Å². The van der Waals surface area contributed by atoms with Crippen LogP contribution < -0.4 is 5.32 Å². The molecule has 0 fully saturated rings. The summed E-state index contributed by atoms with van der Waals surface area (Å²) in [5.41, 5.74) is 2.79. The summed E-state index contributed by atoms with van der Waals surface area (Å²) in [5.74, 6) is 0.306. The second-order valence-electron chi connectivity index (χ2n) is 5.14. The van der Waals surface area contributed by atoms with E-state index >= 15 is 0 Å². The molecule has 1 heterocycles. The summed E-state index contributed by atoms with van der Waals surface area (Å²) in [6, 6.07) is 21.0. The largest absolute Gasteiger partial charge is 0.307 e. The zero-order valence-corrected chi connectivity index (χ0v) is 13.1. The van der Waals surface area contributed by atoms with Crippen LogP contribution in [0.4, 0.5) is 5.82 Å². The lowest BCUT2D eigenvalue weighted by atomic mass is 9.99. The highest BCUT2D eigenvalue weighted by Crippen LogP contribution is 2.16. The van der Waals surface area contributed by atoms with E-state index in [1.807, 2.05) is 42.5 Å². The van der Waals surface area contributed by atoms with Crippen molar-refractivity contribution in [2.24, 2.45) is 0 Å². The molecule has 1 amide bonds. The van der Waals surface area contributed by atoms with E-state index < -0.39 is 0 Å². The summed E-state index contributed by atoms with van der Waals surface area (Å²) < 4.78 is 0. The molecule has 114 valence electrons. The molecule has 3 nitrogen and oxygen atoms in total. The highest BCUT2D eigenvalue weighted by atomic mass is 35.5. The van der Waals surface area contributed by atoms with Crippen LogP contribution in [-0.4, -0.2) is 10.9 Å². The van der Waals surface area contributed by atoms with Crippen molar-refractivity contribution >= 4 is 23.3 Å². The van der Waals surface area contributed by atoms with Crippen LogP contribution >= 0.6 is 11.6 Å². The molecule has 3 rings (SSSR count). The average molecular weight is 323 g/mol. The van der Waals surface area contributed by atoms with E-state index in [9.17, 15) is 4.79 Å². The summed E-state index contributed by atoms with van der Waals surface area (Å²) in [6.07, 6.45) is 2.21. The summed E-state index contributed by atoms with van der Waals surface area (Å²) in [5, 5.41) is 3.34. The van der Waals surface area contributed by atoms with Gasteiger partial charge in [-0.25, -0.2) is 4.98 Å². The van der Waals surface area contributed by atoms with Gasteiger partial charge in [0.05, 0.1) is 5.02 Å². The summed E-state index contributed by atoms with van der Waals surface area (Å²) >= 11 is 5.81. The molecule has 0 unspecified atom stereocenters. The first-order valence-corrected chi connectivity index (χ1v) is 7.65. The summed E-state index contributed by atoms with van der Waals surface area (Å²) in [4.78, 5) is 16.6. The lowest BCUT2D eigenvalue weighted by molar-refractivity contribution is 0.102. The molecule has 0 bridgehead atoms. The second kappa shape index (κ2) is 7.07. The van der Waals surface area contributed by atoms with Crippen LogP contribution in [0.5, 0.6) is 0 Å². The van der Waals surface area contributed by atoms with Crippen molar-refractivity contribution in [2.45, 2.75) is 6.42 Å². The van der Waals surface area contributed by atoms with E-state index in [0.29, 0.717) is 22.8 Å². The lowest BCUT2D eigenvalue weighted by Gasteiger charge is -2.10. The van der Waals surface area contributed by atoms with Gasteiger partial charge in [-0.15, -0.1) is 0 Å². The van der Waals surface area contributed by atoms with Crippen LogP contribution in [0, 0.1) is 0 Å². The smallest absolute Gasteiger partial charge is 0.257 e. The third-order valence-corrected chi connectivity index (χ3v) is 3.69. The minimum Gasteiger partial charge on any atom is -0.307 e. The number of carbonyl (C=O) groups excluding carboxylic acids is 1. The molecule has 23 heavy (non-hydrogen) atoms. The fourth-order valence-electron chi connectivity index (χ4n) is 2.35. The van der Waals surface area contributed by atoms with Gasteiger partial charge in [0.2, 0.25) is 0 Å². The number of nitrogens with one attached hydrogen (secondary N) is 1. The van der Waals surface area contributed by atoms with Gasteiger partial charge < -0.3 is 5.32 Å². The Morgan fingerprint density at radius 1 is 0.957 bits per heavy atom. The SMILES string of the molecule is O=C(Nc1ccc(Cl)cn1)c1ccccc1Cc1ccccc1. The van der Waals surface area contributed by atoms with Crippen LogP contribution in [0.3, 0.4) is 0 Å². The zero-order chi connectivity index (χ0) is 16.1. The van der Waals surface area contributed by atoms with E-state index in [-0.39, 0.29) is 5.91 Å². The van der Waals surface area contributed by atoms with Crippen LogP contribution in [0.15, 0.2) is 72.9 Å². The Hall–Kier alpha value is -2.65. The standard InChI is InChI=1S/C19H15ClN2O/c20-16-10-11-18(21-13-16)22-19(23)17-9-5-4-8-15(17)12-14-6-2-1-3-7-14/h1-11,13H,12H2,(H,21,22,23). The van der Waals surface area contributed by atoms with Gasteiger partial charge in [-0.3, -0.25) is 4.79 Å². The van der Waals surface area contributed by atoms with Crippen molar-refractivity contribution < 1.29 is 4.79 Å². The predicted molar refractivity (Wildman–Crippen MR) is 92.9 cm³/mol. The molecule has 1 aromatic heterocycles. The van der Waals surface area contributed by atoms with E-state index in [2.05, 4.69) is 22.4 Å². The van der Waals surface area contributed by atoms with Crippen LogP contribution in [0.1, 0.15) is 21.5 Å². The van der Waals surface area contributed by atoms with Gasteiger partial charge in [0.1, 0.15) is 5.82 Å². The quantitative estimate of drug-likeness (QED) is 0.764. The van der Waals surface area contributed by atoms with Gasteiger partial charge >= 0.3 is 0 Å². The minimum atomic E-state index is -0.175. The molecule has 0 radical (unpaired) electrons. The molecular formula is C19H15ClN2O. The number of hydrogen-bond donors (Lipinski definition) is 1. The first-order chi connectivity index (χ1) is 11.2. The zero-order valence-electron chi connectivity index (χ0n) is 12.4. The van der Waals surface area contributed by atoms with Crippen LogP contribution in [0.2, 0.25) is 5.02 Å². The molecule has 0 atom stereocenters. The molecule has 0 spiro atoms. The van der Waals surface area contributed by atoms with E-state index in [4.69, 9.17) is 11.6 Å². The van der Waals surface area contributed by atoms with Gasteiger partial charge in [0, 0.05) is 11.8 Å². The Kier molecular flexibility index (Phi) is 4.69. The number of hydrogen-bond acceptors (Lipinski definition) is 2. The van der Waals surface area contributed by atoms with Crippen LogP contribution in [0.25, 0.3) is 0 Å². The molecule has 0 saturated carbocycles. The lowest BCUT2D eigenvalue weighted by Crippen LogP contribution is -2.15. The number of amides is 1. The number of benzene rings is 2. The number of rotatable bonds is 4. The number of nitrogens with zero attached hydrogens (tertiary/aromatic N) is 1. The first kappa shape index (κ1) is 15.3. The molecule has 0 aliphatic carbocycles. The maximum absolute atomic E-state index is 12.5. The fourth-order valence-corrected chi connectivity index (χ4v) is 2.46. The number of anilines is 1. The molecule has 1 N–H and O–H groups in total. The maximum atomic E-state index is 12.5. The van der Waals surface area contributed by atoms with Gasteiger partial charge in [-0.2, -0.15) is 0 Å². The minimum absolute atomic E-state index is 0.175. The van der Waals surface area contributed by atoms with Crippen molar-refractivity contribution in [2.75, 3.05) is 5.32 Å². The number of pyridine rings is 1. The van der Waals surface area contributed by atoms with Crippen molar-refractivity contribution in [3.8, 4) is 0 Å².